The van der Waals surface area contributed by atoms with E-state index in [0.29, 0.717) is 29.4 Å². The van der Waals surface area contributed by atoms with Gasteiger partial charge in [-0.2, -0.15) is 0 Å². The van der Waals surface area contributed by atoms with E-state index >= 15 is 0 Å². The maximum atomic E-state index is 12.3. The van der Waals surface area contributed by atoms with Gasteiger partial charge < -0.3 is 14.8 Å². The molecule has 7 nitrogen and oxygen atoms in total. The molecule has 1 heterocycles. The topological polar surface area (TPSA) is 93.7 Å². The van der Waals surface area contributed by atoms with Gasteiger partial charge in [0.05, 0.1) is 12.8 Å². The molecule has 132 valence electrons. The molecule has 0 aromatic heterocycles. The molecule has 0 saturated heterocycles. The molecule has 2 N–H and O–H groups in total. The summed E-state index contributed by atoms with van der Waals surface area (Å²) in [5.41, 5.74) is 0.687. The zero-order chi connectivity index (χ0) is 17.9. The molecule has 0 fully saturated rings. The Kier molecular flexibility index (Phi) is 4.80. The Hall–Kier alpha value is -2.74. The van der Waals surface area contributed by atoms with Gasteiger partial charge in [-0.3, -0.25) is 9.52 Å². The fourth-order valence-corrected chi connectivity index (χ4v) is 2.97. The summed E-state index contributed by atoms with van der Waals surface area (Å²) in [6, 6.07) is 13.6. The fraction of sp³-hybridized carbons (Fsp3) is 0.235. The van der Waals surface area contributed by atoms with Crippen LogP contribution in [0.5, 0.6) is 11.5 Å². The number of hydrogen-bond donors (Lipinski definition) is 2. The first-order valence-corrected chi connectivity index (χ1v) is 9.54. The quantitative estimate of drug-likeness (QED) is 0.843. The lowest BCUT2D eigenvalue weighted by Gasteiger charge is -2.26. The van der Waals surface area contributed by atoms with Crippen LogP contribution < -0.4 is 19.5 Å². The molecule has 1 atom stereocenters. The number of rotatable bonds is 5. The summed E-state index contributed by atoms with van der Waals surface area (Å²) in [7, 11) is -3.40. The van der Waals surface area contributed by atoms with Crippen molar-refractivity contribution in [3.63, 3.8) is 0 Å². The monoisotopic (exact) mass is 362 g/mol. The Labute approximate surface area is 146 Å². The number of amides is 1. The zero-order valence-corrected chi connectivity index (χ0v) is 14.4. The Balaban J connectivity index is 1.59. The van der Waals surface area contributed by atoms with E-state index in [0.717, 1.165) is 6.26 Å². The summed E-state index contributed by atoms with van der Waals surface area (Å²) in [5.74, 6) is 1.01. The molecule has 0 spiro atoms. The highest BCUT2D eigenvalue weighted by atomic mass is 32.2. The van der Waals surface area contributed by atoms with Crippen molar-refractivity contribution in [3.05, 3.63) is 54.1 Å². The van der Waals surface area contributed by atoms with Crippen molar-refractivity contribution in [1.82, 2.24) is 5.32 Å². The van der Waals surface area contributed by atoms with Gasteiger partial charge >= 0.3 is 0 Å². The lowest BCUT2D eigenvalue weighted by molar-refractivity contribution is 0.0789. The lowest BCUT2D eigenvalue weighted by atomic mass is 10.2. The maximum Gasteiger partial charge on any atom is 0.251 e. The number of sulfonamides is 1. The standard InChI is InChI=1S/C17H18N2O5S/c1-25(21,22)19-13-6-4-5-12(9-13)17(20)18-10-14-11-23-15-7-2-3-8-16(15)24-14/h2-9,14,19H,10-11H2,1H3,(H,18,20)/t14-/m0/s1. The first-order valence-electron chi connectivity index (χ1n) is 7.65. The first kappa shape index (κ1) is 17.1. The molecular formula is C17H18N2O5S. The molecule has 0 unspecified atom stereocenters. The highest BCUT2D eigenvalue weighted by Gasteiger charge is 2.21. The molecule has 0 bridgehead atoms. The van der Waals surface area contributed by atoms with Crippen LogP contribution in [0.25, 0.3) is 0 Å². The molecule has 1 aliphatic heterocycles. The van der Waals surface area contributed by atoms with Crippen LogP contribution >= 0.6 is 0 Å². The zero-order valence-electron chi connectivity index (χ0n) is 13.6. The summed E-state index contributed by atoms with van der Waals surface area (Å²) in [6.07, 6.45) is 0.758. The number of carbonyl (C=O) groups excluding carboxylic acids is 1. The third-order valence-electron chi connectivity index (χ3n) is 3.49. The Morgan fingerprint density at radius 1 is 1.16 bits per heavy atom. The summed E-state index contributed by atoms with van der Waals surface area (Å²) < 4.78 is 36.3. The van der Waals surface area contributed by atoms with Gasteiger partial charge in [-0.25, -0.2) is 8.42 Å². The molecule has 0 aliphatic carbocycles. The number of anilines is 1. The molecule has 8 heteroatoms. The van der Waals surface area contributed by atoms with Crippen LogP contribution in [0.4, 0.5) is 5.69 Å². The summed E-state index contributed by atoms with van der Waals surface area (Å²) in [6.45, 7) is 0.615. The van der Waals surface area contributed by atoms with E-state index in [1.807, 2.05) is 24.3 Å². The Bertz CT molecular complexity index is 882. The number of benzene rings is 2. The van der Waals surface area contributed by atoms with E-state index in [4.69, 9.17) is 9.47 Å². The molecule has 2 aromatic rings. The second kappa shape index (κ2) is 7.02. The lowest BCUT2D eigenvalue weighted by Crippen LogP contribution is -2.40. The average molecular weight is 362 g/mol. The van der Waals surface area contributed by atoms with Crippen molar-refractivity contribution in [1.29, 1.82) is 0 Å². The van der Waals surface area contributed by atoms with Crippen molar-refractivity contribution in [2.24, 2.45) is 0 Å². The SMILES string of the molecule is CS(=O)(=O)Nc1cccc(C(=O)NC[C@H]2COc3ccccc3O2)c1. The van der Waals surface area contributed by atoms with Crippen LogP contribution in [0.1, 0.15) is 10.4 Å². The van der Waals surface area contributed by atoms with E-state index in [1.54, 1.807) is 18.2 Å². The number of para-hydroxylation sites is 2. The number of hydrogen-bond acceptors (Lipinski definition) is 5. The highest BCUT2D eigenvalue weighted by molar-refractivity contribution is 7.92. The van der Waals surface area contributed by atoms with E-state index < -0.39 is 10.0 Å². The Morgan fingerprint density at radius 2 is 1.92 bits per heavy atom. The predicted octanol–water partition coefficient (Wildman–Crippen LogP) is 1.63. The molecule has 1 aliphatic rings. The summed E-state index contributed by atoms with van der Waals surface area (Å²) in [5, 5.41) is 2.77. The normalized spacial score (nSPS) is 16.1. The first-order chi connectivity index (χ1) is 11.9. The second-order valence-electron chi connectivity index (χ2n) is 5.66. The number of fused-ring (bicyclic) bond motifs is 1. The Morgan fingerprint density at radius 3 is 2.68 bits per heavy atom. The van der Waals surface area contributed by atoms with Gasteiger partial charge in [-0.15, -0.1) is 0 Å². The highest BCUT2D eigenvalue weighted by Crippen LogP contribution is 2.30. The van der Waals surface area contributed by atoms with Crippen molar-refractivity contribution in [2.75, 3.05) is 24.1 Å². The fourth-order valence-electron chi connectivity index (χ4n) is 2.41. The maximum absolute atomic E-state index is 12.3. The summed E-state index contributed by atoms with van der Waals surface area (Å²) >= 11 is 0. The minimum atomic E-state index is -3.40. The van der Waals surface area contributed by atoms with Crippen LogP contribution in [0.2, 0.25) is 0 Å². The molecular weight excluding hydrogens is 344 g/mol. The molecule has 0 saturated carbocycles. The third-order valence-corrected chi connectivity index (χ3v) is 4.09. The van der Waals surface area contributed by atoms with Crippen LogP contribution in [0, 0.1) is 0 Å². The number of ether oxygens (including phenoxy) is 2. The van der Waals surface area contributed by atoms with Crippen LogP contribution in [0.15, 0.2) is 48.5 Å². The van der Waals surface area contributed by atoms with Gasteiger partial charge in [-0.1, -0.05) is 18.2 Å². The number of nitrogens with one attached hydrogen (secondary N) is 2. The van der Waals surface area contributed by atoms with E-state index in [9.17, 15) is 13.2 Å². The largest absolute Gasteiger partial charge is 0.486 e. The van der Waals surface area contributed by atoms with E-state index in [2.05, 4.69) is 10.0 Å². The van der Waals surface area contributed by atoms with Gasteiger partial charge in [-0.05, 0) is 30.3 Å². The average Bonchev–Trinajstić information content (AvgIpc) is 2.58. The minimum Gasteiger partial charge on any atom is -0.486 e. The smallest absolute Gasteiger partial charge is 0.251 e. The molecule has 3 rings (SSSR count). The minimum absolute atomic E-state index is 0.275. The molecule has 0 radical (unpaired) electrons. The number of carbonyl (C=O) groups is 1. The van der Waals surface area contributed by atoms with Crippen LogP contribution in [-0.4, -0.2) is 39.8 Å². The van der Waals surface area contributed by atoms with Gasteiger partial charge in [0, 0.05) is 11.3 Å². The van der Waals surface area contributed by atoms with Gasteiger partial charge in [0.15, 0.2) is 11.5 Å². The molecule has 25 heavy (non-hydrogen) atoms. The molecule has 1 amide bonds. The van der Waals surface area contributed by atoms with Crippen molar-refractivity contribution < 1.29 is 22.7 Å². The second-order valence-corrected chi connectivity index (χ2v) is 7.41. The van der Waals surface area contributed by atoms with Crippen molar-refractivity contribution in [3.8, 4) is 11.5 Å². The third kappa shape index (κ3) is 4.63. The van der Waals surface area contributed by atoms with Crippen molar-refractivity contribution >= 4 is 21.6 Å². The summed E-state index contributed by atoms with van der Waals surface area (Å²) in [4.78, 5) is 12.3. The van der Waals surface area contributed by atoms with Gasteiger partial charge in [0.25, 0.3) is 5.91 Å². The van der Waals surface area contributed by atoms with Gasteiger partial charge in [0.2, 0.25) is 10.0 Å². The molecule has 2 aromatic carbocycles. The van der Waals surface area contributed by atoms with Crippen LogP contribution in [-0.2, 0) is 10.0 Å². The van der Waals surface area contributed by atoms with Gasteiger partial charge in [0.1, 0.15) is 12.7 Å². The van der Waals surface area contributed by atoms with Crippen LogP contribution in [0.3, 0.4) is 0 Å². The van der Waals surface area contributed by atoms with Crippen molar-refractivity contribution in [2.45, 2.75) is 6.10 Å². The van der Waals surface area contributed by atoms with E-state index in [1.165, 1.54) is 6.07 Å². The van der Waals surface area contributed by atoms with E-state index in [-0.39, 0.29) is 18.6 Å². The predicted molar refractivity (Wildman–Crippen MR) is 93.6 cm³/mol.